The fourth-order valence-electron chi connectivity index (χ4n) is 2.10. The van der Waals surface area contributed by atoms with Crippen molar-refractivity contribution in [3.63, 3.8) is 0 Å². The number of hydrogen-bond donors (Lipinski definition) is 1. The van der Waals surface area contributed by atoms with Crippen LogP contribution in [-0.2, 0) is 4.79 Å². The number of aryl methyl sites for hydroxylation is 2. The molecule has 0 bridgehead atoms. The van der Waals surface area contributed by atoms with E-state index in [2.05, 4.69) is 10.3 Å². The number of thiazole rings is 1. The van der Waals surface area contributed by atoms with Crippen LogP contribution in [-0.4, -0.2) is 10.9 Å². The summed E-state index contributed by atoms with van der Waals surface area (Å²) in [5.41, 5.74) is 2.48. The highest BCUT2D eigenvalue weighted by Crippen LogP contribution is 2.25. The third-order valence-corrected chi connectivity index (χ3v) is 5.22. The van der Waals surface area contributed by atoms with Gasteiger partial charge >= 0.3 is 0 Å². The molecule has 2 aromatic heterocycles. The van der Waals surface area contributed by atoms with Crippen molar-refractivity contribution < 1.29 is 4.79 Å². The zero-order chi connectivity index (χ0) is 16.2. The van der Waals surface area contributed by atoms with Gasteiger partial charge in [-0.15, -0.1) is 22.7 Å². The van der Waals surface area contributed by atoms with Gasteiger partial charge in [0, 0.05) is 15.3 Å². The lowest BCUT2D eigenvalue weighted by Crippen LogP contribution is -2.13. The van der Waals surface area contributed by atoms with E-state index in [1.807, 2.05) is 67.8 Å². The second kappa shape index (κ2) is 6.89. The summed E-state index contributed by atoms with van der Waals surface area (Å²) in [4.78, 5) is 19.3. The number of carbonyl (C=O) groups excluding carboxylic acids is 1. The van der Waals surface area contributed by atoms with Crippen molar-refractivity contribution in [2.75, 3.05) is 5.32 Å². The lowest BCUT2D eigenvalue weighted by molar-refractivity contribution is -0.111. The molecule has 0 aliphatic carbocycles. The maximum atomic E-state index is 12.8. The van der Waals surface area contributed by atoms with Crippen molar-refractivity contribution in [1.29, 1.82) is 0 Å². The number of carbonyl (C=O) groups is 1. The maximum absolute atomic E-state index is 12.8. The van der Waals surface area contributed by atoms with Crippen LogP contribution in [0.2, 0.25) is 0 Å². The minimum Gasteiger partial charge on any atom is -0.298 e. The Labute approximate surface area is 143 Å². The van der Waals surface area contributed by atoms with Crippen molar-refractivity contribution in [3.8, 4) is 0 Å². The van der Waals surface area contributed by atoms with Crippen LogP contribution in [0.25, 0.3) is 11.6 Å². The molecular weight excluding hydrogens is 324 g/mol. The van der Waals surface area contributed by atoms with Crippen molar-refractivity contribution in [1.82, 2.24) is 4.98 Å². The first-order valence-corrected chi connectivity index (χ1v) is 8.89. The predicted molar refractivity (Wildman–Crippen MR) is 98.8 cm³/mol. The van der Waals surface area contributed by atoms with E-state index < -0.39 is 0 Å². The van der Waals surface area contributed by atoms with Crippen LogP contribution >= 0.6 is 22.7 Å². The van der Waals surface area contributed by atoms with E-state index in [1.54, 1.807) is 11.3 Å². The second-order valence-electron chi connectivity index (χ2n) is 5.05. The molecule has 0 aliphatic rings. The third-order valence-electron chi connectivity index (χ3n) is 3.41. The van der Waals surface area contributed by atoms with Crippen LogP contribution in [0.1, 0.15) is 21.0 Å². The Balaban J connectivity index is 1.93. The van der Waals surface area contributed by atoms with Gasteiger partial charge in [0.25, 0.3) is 5.91 Å². The van der Waals surface area contributed by atoms with E-state index >= 15 is 0 Å². The molecule has 1 aromatic carbocycles. The first-order chi connectivity index (χ1) is 11.1. The van der Waals surface area contributed by atoms with Crippen molar-refractivity contribution in [3.05, 3.63) is 68.9 Å². The van der Waals surface area contributed by atoms with Gasteiger partial charge in [-0.05, 0) is 36.9 Å². The molecule has 3 rings (SSSR count). The number of nitrogens with one attached hydrogen (secondary N) is 1. The Hall–Kier alpha value is -2.24. The quantitative estimate of drug-likeness (QED) is 0.679. The highest BCUT2D eigenvalue weighted by molar-refractivity contribution is 7.15. The van der Waals surface area contributed by atoms with Crippen LogP contribution in [0, 0.1) is 13.8 Å². The summed E-state index contributed by atoms with van der Waals surface area (Å²) in [6, 6.07) is 13.7. The van der Waals surface area contributed by atoms with Gasteiger partial charge in [-0.2, -0.15) is 0 Å². The number of benzene rings is 1. The average molecular weight is 340 g/mol. The van der Waals surface area contributed by atoms with Crippen molar-refractivity contribution in [2.45, 2.75) is 13.8 Å². The molecule has 23 heavy (non-hydrogen) atoms. The van der Waals surface area contributed by atoms with Crippen LogP contribution in [0.5, 0.6) is 0 Å². The molecule has 0 fully saturated rings. The summed E-state index contributed by atoms with van der Waals surface area (Å²) in [5, 5.41) is 5.56. The number of hydrogen-bond acceptors (Lipinski definition) is 4. The minimum absolute atomic E-state index is 0.140. The van der Waals surface area contributed by atoms with Gasteiger partial charge in [0.1, 0.15) is 0 Å². The van der Waals surface area contributed by atoms with E-state index in [4.69, 9.17) is 0 Å². The normalized spacial score (nSPS) is 11.5. The summed E-state index contributed by atoms with van der Waals surface area (Å²) >= 11 is 3.10. The van der Waals surface area contributed by atoms with Gasteiger partial charge in [-0.1, -0.05) is 36.4 Å². The van der Waals surface area contributed by atoms with Gasteiger partial charge in [0.15, 0.2) is 5.13 Å². The summed E-state index contributed by atoms with van der Waals surface area (Å²) < 4.78 is 0. The van der Waals surface area contributed by atoms with Gasteiger partial charge in [-0.3, -0.25) is 10.1 Å². The van der Waals surface area contributed by atoms with Gasteiger partial charge in [0.05, 0.1) is 5.69 Å². The molecule has 0 saturated heterocycles. The Bertz CT molecular complexity index is 814. The molecule has 1 amide bonds. The van der Waals surface area contributed by atoms with Gasteiger partial charge in [0.2, 0.25) is 0 Å². The fourth-order valence-corrected chi connectivity index (χ4v) is 3.57. The SMILES string of the molecule is Cc1nc(NC(=O)C(=Cc2cccs2)c2ccccc2)sc1C. The first kappa shape index (κ1) is 15.6. The number of thiophene rings is 1. The monoisotopic (exact) mass is 340 g/mol. The lowest BCUT2D eigenvalue weighted by Gasteiger charge is -2.07. The molecule has 0 radical (unpaired) electrons. The number of aromatic nitrogens is 1. The standard InChI is InChI=1S/C18H16N2OS2/c1-12-13(2)23-18(19-12)20-17(21)16(11-15-9-6-10-22-15)14-7-4-3-5-8-14/h3-11H,1-2H3,(H,19,20,21). The first-order valence-electron chi connectivity index (χ1n) is 7.19. The second-order valence-corrected chi connectivity index (χ2v) is 7.24. The molecule has 5 heteroatoms. The largest absolute Gasteiger partial charge is 0.298 e. The van der Waals surface area contributed by atoms with Crippen molar-refractivity contribution in [2.24, 2.45) is 0 Å². The Morgan fingerprint density at radius 3 is 2.52 bits per heavy atom. The Morgan fingerprint density at radius 2 is 1.91 bits per heavy atom. The number of nitrogens with zero attached hydrogens (tertiary/aromatic N) is 1. The molecule has 3 aromatic rings. The molecule has 2 heterocycles. The summed E-state index contributed by atoms with van der Waals surface area (Å²) in [6.45, 7) is 3.95. The fraction of sp³-hybridized carbons (Fsp3) is 0.111. The highest BCUT2D eigenvalue weighted by Gasteiger charge is 2.15. The molecule has 0 atom stereocenters. The van der Waals surface area contributed by atoms with E-state index in [-0.39, 0.29) is 5.91 Å². The van der Waals surface area contributed by atoms with Crippen LogP contribution in [0.15, 0.2) is 47.8 Å². The zero-order valence-corrected chi connectivity index (χ0v) is 14.5. The van der Waals surface area contributed by atoms with E-state index in [0.717, 1.165) is 21.0 Å². The molecule has 0 unspecified atom stereocenters. The molecule has 0 aliphatic heterocycles. The van der Waals surface area contributed by atoms with Crippen LogP contribution in [0.4, 0.5) is 5.13 Å². The molecule has 1 N–H and O–H groups in total. The molecular formula is C18H16N2OS2. The number of anilines is 1. The lowest BCUT2D eigenvalue weighted by atomic mass is 10.0. The highest BCUT2D eigenvalue weighted by atomic mass is 32.1. The van der Waals surface area contributed by atoms with Crippen LogP contribution in [0.3, 0.4) is 0 Å². The smallest absolute Gasteiger partial charge is 0.258 e. The minimum atomic E-state index is -0.140. The Kier molecular flexibility index (Phi) is 4.69. The van der Waals surface area contributed by atoms with Crippen molar-refractivity contribution >= 4 is 45.4 Å². The molecule has 116 valence electrons. The number of amides is 1. The van der Waals surface area contributed by atoms with Gasteiger partial charge < -0.3 is 0 Å². The van der Waals surface area contributed by atoms with E-state index in [0.29, 0.717) is 10.7 Å². The zero-order valence-electron chi connectivity index (χ0n) is 12.9. The average Bonchev–Trinajstić information content (AvgIpc) is 3.16. The number of rotatable bonds is 4. The molecule has 0 spiro atoms. The van der Waals surface area contributed by atoms with E-state index in [1.165, 1.54) is 11.3 Å². The topological polar surface area (TPSA) is 42.0 Å². The summed E-state index contributed by atoms with van der Waals surface area (Å²) in [5.74, 6) is -0.140. The predicted octanol–water partition coefficient (Wildman–Crippen LogP) is 5.00. The van der Waals surface area contributed by atoms with E-state index in [9.17, 15) is 4.79 Å². The molecule has 0 saturated carbocycles. The summed E-state index contributed by atoms with van der Waals surface area (Å²) in [6.07, 6.45) is 1.92. The summed E-state index contributed by atoms with van der Waals surface area (Å²) in [7, 11) is 0. The molecule has 3 nitrogen and oxygen atoms in total. The maximum Gasteiger partial charge on any atom is 0.258 e. The van der Waals surface area contributed by atoms with Crippen LogP contribution < -0.4 is 5.32 Å². The van der Waals surface area contributed by atoms with Gasteiger partial charge in [-0.25, -0.2) is 4.98 Å². The Morgan fingerprint density at radius 1 is 1.13 bits per heavy atom. The third kappa shape index (κ3) is 3.75.